The van der Waals surface area contributed by atoms with Crippen molar-refractivity contribution in [1.82, 2.24) is 4.98 Å². The number of hydrogen-bond donors (Lipinski definition) is 1. The van der Waals surface area contributed by atoms with Crippen molar-refractivity contribution in [2.24, 2.45) is 5.92 Å². The molecule has 0 spiro atoms. The van der Waals surface area contributed by atoms with Crippen molar-refractivity contribution in [3.63, 3.8) is 0 Å². The van der Waals surface area contributed by atoms with Crippen LogP contribution in [0, 0.1) is 5.92 Å². The summed E-state index contributed by atoms with van der Waals surface area (Å²) in [7, 11) is 4.02. The van der Waals surface area contributed by atoms with Gasteiger partial charge in [-0.05, 0) is 18.4 Å². The monoisotopic (exact) mass is 207 g/mol. The zero-order valence-electron chi connectivity index (χ0n) is 10.1. The molecular formula is C12H21N3. The first-order valence-corrected chi connectivity index (χ1v) is 5.47. The van der Waals surface area contributed by atoms with Crippen molar-refractivity contribution in [3.05, 3.63) is 18.5 Å². The van der Waals surface area contributed by atoms with E-state index in [1.807, 2.05) is 19.4 Å². The topological polar surface area (TPSA) is 28.2 Å². The lowest BCUT2D eigenvalue weighted by atomic mass is 10.1. The summed E-state index contributed by atoms with van der Waals surface area (Å²) in [6.45, 7) is 5.57. The van der Waals surface area contributed by atoms with Gasteiger partial charge in [0.1, 0.15) is 0 Å². The van der Waals surface area contributed by atoms with E-state index < -0.39 is 0 Å². The Bertz CT molecular complexity index is 297. The van der Waals surface area contributed by atoms with Crippen LogP contribution in [0.4, 0.5) is 11.4 Å². The molecule has 84 valence electrons. The van der Waals surface area contributed by atoms with E-state index in [0.29, 0.717) is 0 Å². The summed E-state index contributed by atoms with van der Waals surface area (Å²) in [6, 6.07) is 2.12. The highest BCUT2D eigenvalue weighted by molar-refractivity contribution is 5.54. The van der Waals surface area contributed by atoms with Crippen molar-refractivity contribution >= 4 is 11.4 Å². The third-order valence-corrected chi connectivity index (χ3v) is 2.50. The predicted molar refractivity (Wildman–Crippen MR) is 66.5 cm³/mol. The molecule has 1 aromatic rings. The van der Waals surface area contributed by atoms with Crippen LogP contribution in [0.2, 0.25) is 0 Å². The number of rotatable bonds is 5. The fourth-order valence-electron chi connectivity index (χ4n) is 1.35. The first-order valence-electron chi connectivity index (χ1n) is 5.47. The lowest BCUT2D eigenvalue weighted by Crippen LogP contribution is -2.20. The van der Waals surface area contributed by atoms with Gasteiger partial charge in [-0.15, -0.1) is 0 Å². The quantitative estimate of drug-likeness (QED) is 0.804. The molecule has 0 aliphatic rings. The molecular weight excluding hydrogens is 186 g/mol. The molecule has 3 nitrogen and oxygen atoms in total. The predicted octanol–water partition coefficient (Wildman–Crippen LogP) is 2.61. The Balaban J connectivity index is 2.60. The van der Waals surface area contributed by atoms with Gasteiger partial charge in [-0.3, -0.25) is 4.98 Å². The van der Waals surface area contributed by atoms with Crippen molar-refractivity contribution in [2.45, 2.75) is 20.3 Å². The van der Waals surface area contributed by atoms with Gasteiger partial charge in [-0.2, -0.15) is 0 Å². The molecule has 0 saturated heterocycles. The zero-order valence-corrected chi connectivity index (χ0v) is 10.1. The molecule has 0 saturated carbocycles. The maximum Gasteiger partial charge on any atom is 0.0570 e. The number of hydrogen-bond acceptors (Lipinski definition) is 3. The standard InChI is InChI=1S/C12H21N3/c1-10(2)5-6-15(4)12-7-11(13-3)8-14-9-12/h7-10,13H,5-6H2,1-4H3. The minimum Gasteiger partial charge on any atom is -0.387 e. The molecule has 0 radical (unpaired) electrons. The van der Waals surface area contributed by atoms with E-state index in [0.717, 1.165) is 18.2 Å². The van der Waals surface area contributed by atoms with Crippen molar-refractivity contribution < 1.29 is 0 Å². The average Bonchev–Trinajstić information content (AvgIpc) is 2.26. The third kappa shape index (κ3) is 3.78. The Morgan fingerprint density at radius 2 is 2.13 bits per heavy atom. The number of nitrogens with zero attached hydrogens (tertiary/aromatic N) is 2. The van der Waals surface area contributed by atoms with E-state index in [4.69, 9.17) is 0 Å². The maximum atomic E-state index is 4.20. The number of anilines is 2. The first-order chi connectivity index (χ1) is 7.13. The first kappa shape index (κ1) is 11.8. The molecule has 3 heteroatoms. The molecule has 0 bridgehead atoms. The van der Waals surface area contributed by atoms with Crippen molar-refractivity contribution in [1.29, 1.82) is 0 Å². The van der Waals surface area contributed by atoms with Crippen LogP contribution in [0.15, 0.2) is 18.5 Å². The van der Waals surface area contributed by atoms with Crippen LogP contribution >= 0.6 is 0 Å². The number of nitrogens with one attached hydrogen (secondary N) is 1. The van der Waals surface area contributed by atoms with E-state index in [-0.39, 0.29) is 0 Å². The molecule has 15 heavy (non-hydrogen) atoms. The van der Waals surface area contributed by atoms with Crippen LogP contribution in [0.25, 0.3) is 0 Å². The van der Waals surface area contributed by atoms with E-state index >= 15 is 0 Å². The van der Waals surface area contributed by atoms with Gasteiger partial charge >= 0.3 is 0 Å². The fourth-order valence-corrected chi connectivity index (χ4v) is 1.35. The Morgan fingerprint density at radius 1 is 1.40 bits per heavy atom. The van der Waals surface area contributed by atoms with Gasteiger partial charge in [-0.25, -0.2) is 0 Å². The summed E-state index contributed by atoms with van der Waals surface area (Å²) in [5.41, 5.74) is 2.23. The Morgan fingerprint density at radius 3 is 2.73 bits per heavy atom. The van der Waals surface area contributed by atoms with Crippen LogP contribution in [0.5, 0.6) is 0 Å². The molecule has 1 aromatic heterocycles. The number of aromatic nitrogens is 1. The highest BCUT2D eigenvalue weighted by atomic mass is 15.1. The highest BCUT2D eigenvalue weighted by Crippen LogP contribution is 2.16. The summed E-state index contributed by atoms with van der Waals surface area (Å²) < 4.78 is 0. The van der Waals surface area contributed by atoms with Gasteiger partial charge in [0.15, 0.2) is 0 Å². The molecule has 1 rings (SSSR count). The Labute approximate surface area is 92.5 Å². The summed E-state index contributed by atoms with van der Waals surface area (Å²) in [5.74, 6) is 0.743. The zero-order chi connectivity index (χ0) is 11.3. The smallest absolute Gasteiger partial charge is 0.0570 e. The molecule has 0 aromatic carbocycles. The second kappa shape index (κ2) is 5.59. The van der Waals surface area contributed by atoms with E-state index in [1.165, 1.54) is 12.1 Å². The molecule has 0 amide bonds. The van der Waals surface area contributed by atoms with E-state index in [2.05, 4.69) is 42.2 Å². The second-order valence-electron chi connectivity index (χ2n) is 4.29. The minimum absolute atomic E-state index is 0.743. The fraction of sp³-hybridized carbons (Fsp3) is 0.583. The molecule has 0 atom stereocenters. The minimum atomic E-state index is 0.743. The summed E-state index contributed by atoms with van der Waals surface area (Å²) in [4.78, 5) is 6.44. The summed E-state index contributed by atoms with van der Waals surface area (Å²) in [5, 5.41) is 3.10. The van der Waals surface area contributed by atoms with Crippen molar-refractivity contribution in [3.8, 4) is 0 Å². The highest BCUT2D eigenvalue weighted by Gasteiger charge is 2.03. The third-order valence-electron chi connectivity index (χ3n) is 2.50. The lowest BCUT2D eigenvalue weighted by molar-refractivity contribution is 0.585. The Kier molecular flexibility index (Phi) is 4.40. The molecule has 1 N–H and O–H groups in total. The Hall–Kier alpha value is -1.25. The second-order valence-corrected chi connectivity index (χ2v) is 4.29. The lowest BCUT2D eigenvalue weighted by Gasteiger charge is -2.20. The van der Waals surface area contributed by atoms with Crippen LogP contribution in [-0.4, -0.2) is 25.6 Å². The van der Waals surface area contributed by atoms with Gasteiger partial charge in [-0.1, -0.05) is 13.8 Å². The van der Waals surface area contributed by atoms with Crippen LogP contribution in [0.3, 0.4) is 0 Å². The van der Waals surface area contributed by atoms with Crippen molar-refractivity contribution in [2.75, 3.05) is 30.9 Å². The van der Waals surface area contributed by atoms with Crippen LogP contribution < -0.4 is 10.2 Å². The van der Waals surface area contributed by atoms with Crippen LogP contribution in [-0.2, 0) is 0 Å². The molecule has 0 unspecified atom stereocenters. The van der Waals surface area contributed by atoms with Crippen LogP contribution in [0.1, 0.15) is 20.3 Å². The SMILES string of the molecule is CNc1cncc(N(C)CCC(C)C)c1. The largest absolute Gasteiger partial charge is 0.387 e. The maximum absolute atomic E-state index is 4.20. The molecule has 0 aliphatic heterocycles. The van der Waals surface area contributed by atoms with Gasteiger partial charge in [0.2, 0.25) is 0 Å². The number of pyridine rings is 1. The summed E-state index contributed by atoms with van der Waals surface area (Å²) in [6.07, 6.45) is 4.95. The van der Waals surface area contributed by atoms with E-state index in [9.17, 15) is 0 Å². The van der Waals surface area contributed by atoms with E-state index in [1.54, 1.807) is 0 Å². The molecule has 1 heterocycles. The normalized spacial score (nSPS) is 10.5. The van der Waals surface area contributed by atoms with Gasteiger partial charge in [0, 0.05) is 20.6 Å². The molecule has 0 fully saturated rings. The molecule has 0 aliphatic carbocycles. The average molecular weight is 207 g/mol. The van der Waals surface area contributed by atoms with Gasteiger partial charge in [0.25, 0.3) is 0 Å². The van der Waals surface area contributed by atoms with Gasteiger partial charge < -0.3 is 10.2 Å². The van der Waals surface area contributed by atoms with Gasteiger partial charge in [0.05, 0.1) is 23.8 Å². The summed E-state index contributed by atoms with van der Waals surface area (Å²) >= 11 is 0.